The van der Waals surface area contributed by atoms with Crippen LogP contribution in [0, 0.1) is 13.8 Å². The van der Waals surface area contributed by atoms with Gasteiger partial charge in [0.1, 0.15) is 5.75 Å². The monoisotopic (exact) mass is 275 g/mol. The highest BCUT2D eigenvalue weighted by Gasteiger charge is 2.06. The van der Waals surface area contributed by atoms with Crippen molar-refractivity contribution in [2.75, 3.05) is 0 Å². The number of rotatable bonds is 5. The van der Waals surface area contributed by atoms with Crippen LogP contribution in [0.4, 0.5) is 0 Å². The Hall–Kier alpha value is -1.32. The number of thiophene rings is 1. The minimum Gasteiger partial charge on any atom is -0.507 e. The van der Waals surface area contributed by atoms with Crippen molar-refractivity contribution in [1.82, 2.24) is 5.32 Å². The van der Waals surface area contributed by atoms with Gasteiger partial charge in [-0.1, -0.05) is 18.2 Å². The molecule has 1 heterocycles. The summed E-state index contributed by atoms with van der Waals surface area (Å²) in [5.41, 5.74) is 3.12. The van der Waals surface area contributed by atoms with Gasteiger partial charge in [-0.15, -0.1) is 11.3 Å². The van der Waals surface area contributed by atoms with Crippen LogP contribution < -0.4 is 5.32 Å². The molecule has 2 aromatic rings. The normalized spacial score (nSPS) is 12.6. The van der Waals surface area contributed by atoms with Gasteiger partial charge in [-0.25, -0.2) is 0 Å². The molecule has 19 heavy (non-hydrogen) atoms. The number of nitrogens with one attached hydrogen (secondary N) is 1. The molecule has 1 atom stereocenters. The number of aryl methyl sites for hydroxylation is 2. The van der Waals surface area contributed by atoms with Gasteiger partial charge in [0.15, 0.2) is 0 Å². The first-order chi connectivity index (χ1) is 9.06. The van der Waals surface area contributed by atoms with Crippen molar-refractivity contribution in [3.63, 3.8) is 0 Å². The van der Waals surface area contributed by atoms with E-state index in [4.69, 9.17) is 0 Å². The maximum Gasteiger partial charge on any atom is 0.121 e. The topological polar surface area (TPSA) is 32.3 Å². The first kappa shape index (κ1) is 14.1. The lowest BCUT2D eigenvalue weighted by atomic mass is 10.1. The van der Waals surface area contributed by atoms with Crippen molar-refractivity contribution in [3.05, 3.63) is 51.2 Å². The maximum absolute atomic E-state index is 9.76. The molecule has 0 fully saturated rings. The van der Waals surface area contributed by atoms with Crippen molar-refractivity contribution in [1.29, 1.82) is 0 Å². The predicted octanol–water partition coefficient (Wildman–Crippen LogP) is 3.79. The average Bonchev–Trinajstić information content (AvgIpc) is 2.86. The number of aromatic hydroxyl groups is 1. The molecule has 0 aliphatic heterocycles. The van der Waals surface area contributed by atoms with E-state index in [2.05, 4.69) is 29.8 Å². The predicted molar refractivity (Wildman–Crippen MR) is 81.9 cm³/mol. The van der Waals surface area contributed by atoms with E-state index in [1.807, 2.05) is 26.0 Å². The molecule has 0 saturated heterocycles. The molecule has 0 aliphatic rings. The maximum atomic E-state index is 9.76. The molecule has 1 aromatic carbocycles. The third-order valence-electron chi connectivity index (χ3n) is 3.29. The molecular formula is C16H21NOS. The number of phenols is 1. The fourth-order valence-electron chi connectivity index (χ4n) is 2.24. The van der Waals surface area contributed by atoms with Crippen LogP contribution >= 0.6 is 11.3 Å². The van der Waals surface area contributed by atoms with Gasteiger partial charge in [0.2, 0.25) is 0 Å². The zero-order valence-corrected chi connectivity index (χ0v) is 12.6. The van der Waals surface area contributed by atoms with Crippen molar-refractivity contribution >= 4 is 11.3 Å². The Morgan fingerprint density at radius 2 is 1.95 bits per heavy atom. The molecule has 0 amide bonds. The molecule has 3 heteroatoms. The van der Waals surface area contributed by atoms with Crippen LogP contribution in [-0.4, -0.2) is 11.1 Å². The quantitative estimate of drug-likeness (QED) is 0.870. The second kappa shape index (κ2) is 6.22. The summed E-state index contributed by atoms with van der Waals surface area (Å²) in [6.07, 6.45) is 1.06. The van der Waals surface area contributed by atoms with Gasteiger partial charge in [0.25, 0.3) is 0 Å². The Kier molecular flexibility index (Phi) is 4.61. The van der Waals surface area contributed by atoms with E-state index in [1.54, 1.807) is 11.3 Å². The van der Waals surface area contributed by atoms with Gasteiger partial charge in [-0.2, -0.15) is 0 Å². The summed E-state index contributed by atoms with van der Waals surface area (Å²) in [7, 11) is 0. The van der Waals surface area contributed by atoms with Crippen LogP contribution in [-0.2, 0) is 13.0 Å². The fraction of sp³-hybridized carbons (Fsp3) is 0.375. The molecule has 0 bridgehead atoms. The third-order valence-corrected chi connectivity index (χ3v) is 4.19. The van der Waals surface area contributed by atoms with E-state index in [9.17, 15) is 5.11 Å². The number of phenolic OH excluding ortho intramolecular Hbond substituents is 1. The fourth-order valence-corrected chi connectivity index (χ4v) is 3.08. The van der Waals surface area contributed by atoms with Crippen molar-refractivity contribution in [2.45, 2.75) is 39.8 Å². The van der Waals surface area contributed by atoms with E-state index in [0.717, 1.165) is 24.1 Å². The van der Waals surface area contributed by atoms with E-state index >= 15 is 0 Å². The van der Waals surface area contributed by atoms with Gasteiger partial charge < -0.3 is 10.4 Å². The molecule has 0 radical (unpaired) electrons. The van der Waals surface area contributed by atoms with Crippen LogP contribution in [0.15, 0.2) is 29.6 Å². The molecule has 0 spiro atoms. The largest absolute Gasteiger partial charge is 0.507 e. The minimum absolute atomic E-state index is 0.412. The molecule has 0 saturated carbocycles. The zero-order chi connectivity index (χ0) is 13.8. The third kappa shape index (κ3) is 3.82. The average molecular weight is 275 g/mol. The molecule has 1 aromatic heterocycles. The molecular weight excluding hydrogens is 254 g/mol. The molecule has 2 rings (SSSR count). The highest BCUT2D eigenvalue weighted by atomic mass is 32.1. The van der Waals surface area contributed by atoms with Crippen LogP contribution in [0.3, 0.4) is 0 Å². The Bertz CT molecular complexity index is 511. The van der Waals surface area contributed by atoms with Gasteiger partial charge >= 0.3 is 0 Å². The van der Waals surface area contributed by atoms with Crippen LogP contribution in [0.2, 0.25) is 0 Å². The summed E-state index contributed by atoms with van der Waals surface area (Å²) in [5.74, 6) is 0.412. The second-order valence-corrected chi connectivity index (χ2v) is 6.18. The van der Waals surface area contributed by atoms with Crippen molar-refractivity contribution in [3.8, 4) is 5.75 Å². The lowest BCUT2D eigenvalue weighted by molar-refractivity contribution is 0.466. The lowest BCUT2D eigenvalue weighted by Gasteiger charge is -2.14. The highest BCUT2D eigenvalue weighted by Crippen LogP contribution is 2.22. The van der Waals surface area contributed by atoms with E-state index in [-0.39, 0.29) is 0 Å². The van der Waals surface area contributed by atoms with Crippen molar-refractivity contribution in [2.24, 2.45) is 0 Å². The molecule has 2 nitrogen and oxygen atoms in total. The first-order valence-electron chi connectivity index (χ1n) is 6.61. The SMILES string of the molecule is Cc1cc(CNC(C)Cc2cccs2)cc(C)c1O. The van der Waals surface area contributed by atoms with Gasteiger partial charge in [-0.3, -0.25) is 0 Å². The summed E-state index contributed by atoms with van der Waals surface area (Å²) in [6.45, 7) is 6.94. The van der Waals surface area contributed by atoms with E-state index in [1.165, 1.54) is 10.4 Å². The Labute approximate surface area is 119 Å². The van der Waals surface area contributed by atoms with Gasteiger partial charge in [0, 0.05) is 17.5 Å². The van der Waals surface area contributed by atoms with Crippen LogP contribution in [0.1, 0.15) is 28.5 Å². The summed E-state index contributed by atoms with van der Waals surface area (Å²) in [6, 6.07) is 8.82. The molecule has 1 unspecified atom stereocenters. The summed E-state index contributed by atoms with van der Waals surface area (Å²) in [5, 5.41) is 15.4. The standard InChI is InChI=1S/C16H21NOS/c1-11-7-14(8-12(2)16(11)18)10-17-13(3)9-15-5-4-6-19-15/h4-8,13,17-18H,9-10H2,1-3H3. The molecule has 2 N–H and O–H groups in total. The van der Waals surface area contributed by atoms with Gasteiger partial charge in [0.05, 0.1) is 0 Å². The van der Waals surface area contributed by atoms with Crippen LogP contribution in [0.5, 0.6) is 5.75 Å². The summed E-state index contributed by atoms with van der Waals surface area (Å²) in [4.78, 5) is 1.41. The minimum atomic E-state index is 0.412. The summed E-state index contributed by atoms with van der Waals surface area (Å²) >= 11 is 1.81. The number of benzene rings is 1. The molecule has 0 aliphatic carbocycles. The van der Waals surface area contributed by atoms with Crippen molar-refractivity contribution < 1.29 is 5.11 Å². The number of hydrogen-bond donors (Lipinski definition) is 2. The zero-order valence-electron chi connectivity index (χ0n) is 11.7. The Morgan fingerprint density at radius 1 is 1.26 bits per heavy atom. The van der Waals surface area contributed by atoms with Gasteiger partial charge in [-0.05, 0) is 55.3 Å². The summed E-state index contributed by atoms with van der Waals surface area (Å²) < 4.78 is 0. The Balaban J connectivity index is 1.91. The number of hydrogen-bond acceptors (Lipinski definition) is 3. The Morgan fingerprint density at radius 3 is 2.53 bits per heavy atom. The van der Waals surface area contributed by atoms with E-state index < -0.39 is 0 Å². The lowest BCUT2D eigenvalue weighted by Crippen LogP contribution is -2.27. The smallest absolute Gasteiger partial charge is 0.121 e. The molecule has 102 valence electrons. The van der Waals surface area contributed by atoms with Crippen LogP contribution in [0.25, 0.3) is 0 Å². The highest BCUT2D eigenvalue weighted by molar-refractivity contribution is 7.09. The van der Waals surface area contributed by atoms with E-state index in [0.29, 0.717) is 11.8 Å². The second-order valence-electron chi connectivity index (χ2n) is 5.14. The first-order valence-corrected chi connectivity index (χ1v) is 7.49.